The fourth-order valence-corrected chi connectivity index (χ4v) is 3.13. The van der Waals surface area contributed by atoms with Crippen LogP contribution in [0.1, 0.15) is 59.8 Å². The van der Waals surface area contributed by atoms with E-state index in [0.29, 0.717) is 6.42 Å². The van der Waals surface area contributed by atoms with Gasteiger partial charge in [0.25, 0.3) is 0 Å². The Morgan fingerprint density at radius 2 is 1.79 bits per heavy atom. The van der Waals surface area contributed by atoms with Gasteiger partial charge in [0.05, 0.1) is 25.2 Å². The standard InChI is InChI=1S/C19H32O5/c1-12-7-5-9-13(2)18(22)15(4)19(23)14(3)16(20)11-17(21)24-10-6-8-12/h8,13-16,18,20,22H,5-7,9-11H2,1-4H3/b12-8-/t13-,14+,15+,16-,18-/m0/s1. The number of carbonyl (C=O) groups excluding carboxylic acids is 2. The first-order chi connectivity index (χ1) is 11.2. The monoisotopic (exact) mass is 340 g/mol. The fraction of sp³-hybridized carbons (Fsp3) is 0.789. The summed E-state index contributed by atoms with van der Waals surface area (Å²) in [6, 6.07) is 0. The van der Waals surface area contributed by atoms with Gasteiger partial charge in [-0.15, -0.1) is 0 Å². The molecule has 0 aromatic heterocycles. The number of carbonyl (C=O) groups is 2. The van der Waals surface area contributed by atoms with Crippen molar-refractivity contribution in [1.82, 2.24) is 0 Å². The maximum absolute atomic E-state index is 12.5. The van der Waals surface area contributed by atoms with Crippen molar-refractivity contribution >= 4 is 11.8 Å². The number of aliphatic hydroxyl groups is 2. The second-order valence-electron chi connectivity index (χ2n) is 7.17. The van der Waals surface area contributed by atoms with E-state index in [4.69, 9.17) is 4.74 Å². The third-order valence-electron chi connectivity index (χ3n) is 5.05. The van der Waals surface area contributed by atoms with Gasteiger partial charge in [-0.25, -0.2) is 0 Å². The minimum absolute atomic E-state index is 0.0129. The summed E-state index contributed by atoms with van der Waals surface area (Å²) < 4.78 is 5.11. The molecule has 0 aliphatic carbocycles. The smallest absolute Gasteiger partial charge is 0.308 e. The molecule has 0 bridgehead atoms. The first kappa shape index (κ1) is 20.8. The third-order valence-corrected chi connectivity index (χ3v) is 5.05. The van der Waals surface area contributed by atoms with Crippen molar-refractivity contribution in [2.45, 2.75) is 72.0 Å². The van der Waals surface area contributed by atoms with Gasteiger partial charge in [0, 0.05) is 11.8 Å². The number of Topliss-reactive ketones (excluding diaryl/α,β-unsaturated/α-hetero) is 1. The van der Waals surface area contributed by atoms with Gasteiger partial charge in [-0.2, -0.15) is 0 Å². The number of esters is 1. The van der Waals surface area contributed by atoms with Crippen LogP contribution in [0.2, 0.25) is 0 Å². The molecule has 0 saturated carbocycles. The van der Waals surface area contributed by atoms with E-state index in [2.05, 4.69) is 6.08 Å². The molecule has 138 valence electrons. The van der Waals surface area contributed by atoms with Crippen molar-refractivity contribution < 1.29 is 24.5 Å². The summed E-state index contributed by atoms with van der Waals surface area (Å²) in [5.41, 5.74) is 1.23. The number of ketones is 1. The predicted octanol–water partition coefficient (Wildman–Crippen LogP) is 2.64. The molecule has 2 N–H and O–H groups in total. The van der Waals surface area contributed by atoms with Crippen LogP contribution in [0.25, 0.3) is 0 Å². The van der Waals surface area contributed by atoms with Crippen LogP contribution in [0.4, 0.5) is 0 Å². The molecular weight excluding hydrogens is 308 g/mol. The molecule has 0 unspecified atom stereocenters. The minimum atomic E-state index is -1.08. The maximum atomic E-state index is 12.5. The zero-order valence-corrected chi connectivity index (χ0v) is 15.3. The second kappa shape index (κ2) is 9.94. The molecule has 0 amide bonds. The fourth-order valence-electron chi connectivity index (χ4n) is 3.13. The summed E-state index contributed by atoms with van der Waals surface area (Å²) in [6.45, 7) is 7.58. The molecule has 5 atom stereocenters. The molecule has 0 aromatic rings. The zero-order valence-electron chi connectivity index (χ0n) is 15.3. The largest absolute Gasteiger partial charge is 0.465 e. The van der Waals surface area contributed by atoms with Crippen LogP contribution in [0.15, 0.2) is 11.6 Å². The van der Waals surface area contributed by atoms with E-state index in [1.165, 1.54) is 5.57 Å². The Labute approximate surface area is 145 Å². The summed E-state index contributed by atoms with van der Waals surface area (Å²) in [6.07, 6.45) is 3.41. The molecule has 0 radical (unpaired) electrons. The highest BCUT2D eigenvalue weighted by atomic mass is 16.5. The van der Waals surface area contributed by atoms with Crippen molar-refractivity contribution in [2.24, 2.45) is 17.8 Å². The Balaban J connectivity index is 2.85. The summed E-state index contributed by atoms with van der Waals surface area (Å²) in [4.78, 5) is 24.2. The number of hydrogen-bond donors (Lipinski definition) is 2. The van der Waals surface area contributed by atoms with E-state index in [-0.39, 0.29) is 24.7 Å². The van der Waals surface area contributed by atoms with Gasteiger partial charge in [0.15, 0.2) is 0 Å². The van der Waals surface area contributed by atoms with Crippen molar-refractivity contribution in [3.63, 3.8) is 0 Å². The third kappa shape index (κ3) is 6.36. The molecule has 0 spiro atoms. The van der Waals surface area contributed by atoms with Crippen molar-refractivity contribution in [3.05, 3.63) is 11.6 Å². The number of aliphatic hydroxyl groups excluding tert-OH is 2. The summed E-state index contributed by atoms with van der Waals surface area (Å²) >= 11 is 0. The molecule has 24 heavy (non-hydrogen) atoms. The van der Waals surface area contributed by atoms with Crippen LogP contribution in [0.3, 0.4) is 0 Å². The van der Waals surface area contributed by atoms with E-state index < -0.39 is 30.0 Å². The van der Waals surface area contributed by atoms with E-state index in [9.17, 15) is 19.8 Å². The number of hydrogen-bond acceptors (Lipinski definition) is 5. The number of ether oxygens (including phenoxy) is 1. The van der Waals surface area contributed by atoms with Gasteiger partial charge in [-0.05, 0) is 38.5 Å². The SMILES string of the molecule is C/C1=C/CCOC(=O)C[C@H](O)[C@@H](C)C(=O)[C@H](C)[C@@H](O)[C@@H](C)CCC1. The number of cyclic esters (lactones) is 1. The Morgan fingerprint density at radius 1 is 1.12 bits per heavy atom. The first-order valence-corrected chi connectivity index (χ1v) is 8.95. The van der Waals surface area contributed by atoms with Crippen LogP contribution in [-0.4, -0.2) is 40.8 Å². The summed E-state index contributed by atoms with van der Waals surface area (Å²) in [5.74, 6) is -1.96. The molecule has 0 saturated heterocycles. The van der Waals surface area contributed by atoms with Crippen molar-refractivity contribution in [2.75, 3.05) is 6.61 Å². The second-order valence-corrected chi connectivity index (χ2v) is 7.17. The molecule has 5 nitrogen and oxygen atoms in total. The quantitative estimate of drug-likeness (QED) is 0.523. The average molecular weight is 340 g/mol. The van der Waals surface area contributed by atoms with Crippen LogP contribution in [0.5, 0.6) is 0 Å². The maximum Gasteiger partial charge on any atom is 0.308 e. The van der Waals surface area contributed by atoms with E-state index in [1.807, 2.05) is 13.8 Å². The Morgan fingerprint density at radius 3 is 2.46 bits per heavy atom. The highest BCUT2D eigenvalue weighted by molar-refractivity contribution is 5.84. The lowest BCUT2D eigenvalue weighted by Gasteiger charge is -2.27. The first-order valence-electron chi connectivity index (χ1n) is 8.95. The molecule has 1 aliphatic heterocycles. The van der Waals surface area contributed by atoms with Crippen LogP contribution < -0.4 is 0 Å². The highest BCUT2D eigenvalue weighted by Crippen LogP contribution is 2.24. The molecule has 1 rings (SSSR count). The lowest BCUT2D eigenvalue weighted by Crippen LogP contribution is -2.38. The van der Waals surface area contributed by atoms with Crippen LogP contribution in [0, 0.1) is 17.8 Å². The van der Waals surface area contributed by atoms with E-state index in [1.54, 1.807) is 13.8 Å². The lowest BCUT2D eigenvalue weighted by atomic mass is 9.81. The van der Waals surface area contributed by atoms with Gasteiger partial charge in [-0.1, -0.05) is 32.4 Å². The summed E-state index contributed by atoms with van der Waals surface area (Å²) in [7, 11) is 0. The van der Waals surface area contributed by atoms with Crippen molar-refractivity contribution in [3.8, 4) is 0 Å². The highest BCUT2D eigenvalue weighted by Gasteiger charge is 2.33. The Hall–Kier alpha value is -1.20. The van der Waals surface area contributed by atoms with Gasteiger partial charge in [0.2, 0.25) is 0 Å². The minimum Gasteiger partial charge on any atom is -0.465 e. The number of rotatable bonds is 0. The van der Waals surface area contributed by atoms with Crippen molar-refractivity contribution in [1.29, 1.82) is 0 Å². The normalized spacial score (nSPS) is 37.4. The van der Waals surface area contributed by atoms with Crippen LogP contribution >= 0.6 is 0 Å². The van der Waals surface area contributed by atoms with E-state index in [0.717, 1.165) is 19.3 Å². The Kier molecular flexibility index (Phi) is 8.63. The molecular formula is C19H32O5. The number of allylic oxidation sites excluding steroid dienone is 1. The van der Waals surface area contributed by atoms with Gasteiger partial charge in [0.1, 0.15) is 5.78 Å². The average Bonchev–Trinajstić information content (AvgIpc) is 2.54. The summed E-state index contributed by atoms with van der Waals surface area (Å²) in [5, 5.41) is 20.6. The zero-order chi connectivity index (χ0) is 18.3. The van der Waals surface area contributed by atoms with E-state index >= 15 is 0 Å². The van der Waals surface area contributed by atoms with Crippen LogP contribution in [-0.2, 0) is 14.3 Å². The van der Waals surface area contributed by atoms with Gasteiger partial charge >= 0.3 is 5.97 Å². The van der Waals surface area contributed by atoms with Gasteiger partial charge < -0.3 is 14.9 Å². The molecule has 0 aromatic carbocycles. The molecule has 1 heterocycles. The molecule has 0 fully saturated rings. The topological polar surface area (TPSA) is 83.8 Å². The van der Waals surface area contributed by atoms with Gasteiger partial charge in [-0.3, -0.25) is 9.59 Å². The Bertz CT molecular complexity index is 457. The molecule has 1 aliphatic rings. The predicted molar refractivity (Wildman–Crippen MR) is 92.3 cm³/mol. The molecule has 5 heteroatoms. The lowest BCUT2D eigenvalue weighted by molar-refractivity contribution is -0.147.